The van der Waals surface area contributed by atoms with Crippen molar-refractivity contribution in [1.82, 2.24) is 0 Å². The maximum atomic E-state index is 13.4. The van der Waals surface area contributed by atoms with Crippen LogP contribution in [0, 0.1) is 12.7 Å². The average Bonchev–Trinajstić information content (AvgIpc) is 2.40. The van der Waals surface area contributed by atoms with Gasteiger partial charge in [-0.3, -0.25) is 0 Å². The molecule has 2 aromatic carbocycles. The molecule has 0 atom stereocenters. The quantitative estimate of drug-likeness (QED) is 0.885. The van der Waals surface area contributed by atoms with E-state index in [1.807, 2.05) is 30.3 Å². The molecular formula is C15H16FNO. The summed E-state index contributed by atoms with van der Waals surface area (Å²) in [6.45, 7) is 2.35. The highest BCUT2D eigenvalue weighted by molar-refractivity contribution is 5.47. The van der Waals surface area contributed by atoms with Gasteiger partial charge in [0, 0.05) is 17.8 Å². The molecule has 3 heteroatoms. The van der Waals surface area contributed by atoms with E-state index in [0.717, 1.165) is 17.0 Å². The van der Waals surface area contributed by atoms with Gasteiger partial charge in [-0.2, -0.15) is 0 Å². The topological polar surface area (TPSA) is 21.3 Å². The van der Waals surface area contributed by atoms with E-state index < -0.39 is 0 Å². The second kappa shape index (κ2) is 5.54. The Hall–Kier alpha value is -2.03. The summed E-state index contributed by atoms with van der Waals surface area (Å²) in [6, 6.07) is 12.9. The molecule has 0 saturated carbocycles. The van der Waals surface area contributed by atoms with Crippen molar-refractivity contribution in [3.05, 3.63) is 59.4 Å². The molecule has 0 radical (unpaired) electrons. The molecule has 1 N–H and O–H groups in total. The highest BCUT2D eigenvalue weighted by atomic mass is 19.1. The predicted molar refractivity (Wildman–Crippen MR) is 71.5 cm³/mol. The number of aryl methyl sites for hydroxylation is 1. The first-order valence-electron chi connectivity index (χ1n) is 5.82. The molecule has 0 heterocycles. The maximum absolute atomic E-state index is 13.4. The van der Waals surface area contributed by atoms with Gasteiger partial charge in [-0.15, -0.1) is 0 Å². The summed E-state index contributed by atoms with van der Waals surface area (Å²) in [6.07, 6.45) is 0. The van der Waals surface area contributed by atoms with Crippen molar-refractivity contribution in [1.29, 1.82) is 0 Å². The van der Waals surface area contributed by atoms with E-state index in [1.54, 1.807) is 20.1 Å². The second-order valence-electron chi connectivity index (χ2n) is 4.13. The summed E-state index contributed by atoms with van der Waals surface area (Å²) in [5.74, 6) is 0.637. The molecule has 2 aromatic rings. The number of anilines is 1. The molecule has 0 saturated heterocycles. The summed E-state index contributed by atoms with van der Waals surface area (Å²) in [7, 11) is 1.64. The number of hydrogen-bond acceptors (Lipinski definition) is 2. The molecule has 2 nitrogen and oxygen atoms in total. The van der Waals surface area contributed by atoms with Gasteiger partial charge in [-0.05, 0) is 30.7 Å². The normalized spacial score (nSPS) is 10.2. The lowest BCUT2D eigenvalue weighted by atomic mass is 10.2. The summed E-state index contributed by atoms with van der Waals surface area (Å²) in [5, 5.41) is 3.18. The van der Waals surface area contributed by atoms with Crippen LogP contribution >= 0.6 is 0 Å². The molecule has 0 amide bonds. The van der Waals surface area contributed by atoms with Crippen LogP contribution in [-0.4, -0.2) is 7.11 Å². The smallest absolute Gasteiger partial charge is 0.128 e. The highest BCUT2D eigenvalue weighted by Crippen LogP contribution is 2.20. The maximum Gasteiger partial charge on any atom is 0.128 e. The van der Waals surface area contributed by atoms with Crippen LogP contribution < -0.4 is 10.1 Å². The second-order valence-corrected chi connectivity index (χ2v) is 4.13. The molecule has 0 aliphatic heterocycles. The van der Waals surface area contributed by atoms with Gasteiger partial charge in [-0.25, -0.2) is 4.39 Å². The molecular weight excluding hydrogens is 229 g/mol. The van der Waals surface area contributed by atoms with Crippen LogP contribution in [0.15, 0.2) is 42.5 Å². The van der Waals surface area contributed by atoms with E-state index in [1.165, 1.54) is 6.07 Å². The summed E-state index contributed by atoms with van der Waals surface area (Å²) in [4.78, 5) is 0. The van der Waals surface area contributed by atoms with Crippen molar-refractivity contribution in [2.24, 2.45) is 0 Å². The van der Waals surface area contributed by atoms with Crippen molar-refractivity contribution in [2.45, 2.75) is 13.5 Å². The van der Waals surface area contributed by atoms with Crippen LogP contribution in [0.1, 0.15) is 11.1 Å². The first-order chi connectivity index (χ1) is 8.70. The van der Waals surface area contributed by atoms with Crippen LogP contribution in [0.2, 0.25) is 0 Å². The minimum absolute atomic E-state index is 0.194. The fraction of sp³-hybridized carbons (Fsp3) is 0.200. The van der Waals surface area contributed by atoms with Gasteiger partial charge in [-0.1, -0.05) is 24.3 Å². The standard InChI is InChI=1S/C15H16FNO/c1-11-7-8-13(9-14(11)16)17-10-12-5-3-4-6-15(12)18-2/h3-9,17H,10H2,1-2H3. The molecule has 0 bridgehead atoms. The number of rotatable bonds is 4. The fourth-order valence-corrected chi connectivity index (χ4v) is 1.75. The third-order valence-corrected chi connectivity index (χ3v) is 2.85. The van der Waals surface area contributed by atoms with E-state index in [9.17, 15) is 4.39 Å². The van der Waals surface area contributed by atoms with E-state index in [4.69, 9.17) is 4.74 Å². The number of halogens is 1. The Morgan fingerprint density at radius 2 is 1.94 bits per heavy atom. The molecule has 0 unspecified atom stereocenters. The van der Waals surface area contributed by atoms with Gasteiger partial charge in [0.2, 0.25) is 0 Å². The number of hydrogen-bond donors (Lipinski definition) is 1. The van der Waals surface area contributed by atoms with Crippen LogP contribution in [0.5, 0.6) is 5.75 Å². The third kappa shape index (κ3) is 2.80. The number of para-hydroxylation sites is 1. The van der Waals surface area contributed by atoms with Crippen molar-refractivity contribution in [2.75, 3.05) is 12.4 Å². The van der Waals surface area contributed by atoms with Crippen molar-refractivity contribution >= 4 is 5.69 Å². The number of ether oxygens (including phenoxy) is 1. The Morgan fingerprint density at radius 3 is 2.67 bits per heavy atom. The van der Waals surface area contributed by atoms with Crippen LogP contribution in [0.4, 0.5) is 10.1 Å². The Kier molecular flexibility index (Phi) is 3.82. The molecule has 0 spiro atoms. The minimum Gasteiger partial charge on any atom is -0.496 e. The summed E-state index contributed by atoms with van der Waals surface area (Å²) >= 11 is 0. The molecule has 0 aromatic heterocycles. The molecule has 94 valence electrons. The molecule has 0 aliphatic rings. The number of methoxy groups -OCH3 is 1. The van der Waals surface area contributed by atoms with Crippen molar-refractivity contribution < 1.29 is 9.13 Å². The zero-order valence-corrected chi connectivity index (χ0v) is 10.5. The lowest BCUT2D eigenvalue weighted by Crippen LogP contribution is -2.02. The van der Waals surface area contributed by atoms with Crippen LogP contribution in [0.25, 0.3) is 0 Å². The van der Waals surface area contributed by atoms with E-state index in [-0.39, 0.29) is 5.82 Å². The fourth-order valence-electron chi connectivity index (χ4n) is 1.75. The molecule has 18 heavy (non-hydrogen) atoms. The van der Waals surface area contributed by atoms with E-state index in [2.05, 4.69) is 5.32 Å². The SMILES string of the molecule is COc1ccccc1CNc1ccc(C)c(F)c1. The Bertz CT molecular complexity index is 540. The summed E-state index contributed by atoms with van der Waals surface area (Å²) < 4.78 is 18.6. The number of nitrogens with one attached hydrogen (secondary N) is 1. The zero-order valence-electron chi connectivity index (χ0n) is 10.5. The average molecular weight is 245 g/mol. The van der Waals surface area contributed by atoms with E-state index in [0.29, 0.717) is 12.1 Å². The Balaban J connectivity index is 2.09. The molecule has 0 aliphatic carbocycles. The predicted octanol–water partition coefficient (Wildman–Crippen LogP) is 3.75. The van der Waals surface area contributed by atoms with Gasteiger partial charge in [0.1, 0.15) is 11.6 Å². The first kappa shape index (κ1) is 12.4. The van der Waals surface area contributed by atoms with Crippen molar-refractivity contribution in [3.8, 4) is 5.75 Å². The van der Waals surface area contributed by atoms with Crippen molar-refractivity contribution in [3.63, 3.8) is 0 Å². The highest BCUT2D eigenvalue weighted by Gasteiger charge is 2.02. The molecule has 2 rings (SSSR count). The zero-order chi connectivity index (χ0) is 13.0. The number of benzene rings is 2. The first-order valence-corrected chi connectivity index (χ1v) is 5.82. The Labute approximate surface area is 106 Å². The lowest BCUT2D eigenvalue weighted by Gasteiger charge is -2.10. The van der Waals surface area contributed by atoms with E-state index >= 15 is 0 Å². The third-order valence-electron chi connectivity index (χ3n) is 2.85. The van der Waals surface area contributed by atoms with Gasteiger partial charge in [0.05, 0.1) is 7.11 Å². The largest absolute Gasteiger partial charge is 0.496 e. The van der Waals surface area contributed by atoms with Crippen LogP contribution in [-0.2, 0) is 6.54 Å². The Morgan fingerprint density at radius 1 is 1.17 bits per heavy atom. The molecule has 0 fully saturated rings. The van der Waals surface area contributed by atoms with Gasteiger partial charge in [0.25, 0.3) is 0 Å². The summed E-state index contributed by atoms with van der Waals surface area (Å²) in [5.41, 5.74) is 2.46. The van der Waals surface area contributed by atoms with Gasteiger partial charge in [0.15, 0.2) is 0 Å². The monoisotopic (exact) mass is 245 g/mol. The lowest BCUT2D eigenvalue weighted by molar-refractivity contribution is 0.410. The van der Waals surface area contributed by atoms with Gasteiger partial charge < -0.3 is 10.1 Å². The minimum atomic E-state index is -0.194. The van der Waals surface area contributed by atoms with Crippen LogP contribution in [0.3, 0.4) is 0 Å². The van der Waals surface area contributed by atoms with Gasteiger partial charge >= 0.3 is 0 Å².